The van der Waals surface area contributed by atoms with Gasteiger partial charge in [-0.1, -0.05) is 13.8 Å². The number of carbonyl (C=O) groups is 2. The number of carbonyl (C=O) groups excluding carboxylic acids is 2. The van der Waals surface area contributed by atoms with Gasteiger partial charge in [0.05, 0.1) is 26.4 Å². The topological polar surface area (TPSA) is 89.5 Å². The lowest BCUT2D eigenvalue weighted by Gasteiger charge is -2.25. The van der Waals surface area contributed by atoms with Crippen molar-refractivity contribution in [2.24, 2.45) is 5.41 Å². The second kappa shape index (κ2) is 6.95. The van der Waals surface area contributed by atoms with Crippen LogP contribution in [0.25, 0.3) is 0 Å². The van der Waals surface area contributed by atoms with Crippen LogP contribution in [0.5, 0.6) is 0 Å². The normalized spacial score (nSPS) is 25.2. The highest BCUT2D eigenvalue weighted by Gasteiger charge is 2.28. The van der Waals surface area contributed by atoms with Crippen molar-refractivity contribution < 1.29 is 38.0 Å². The third kappa shape index (κ3) is 5.39. The maximum Gasteiger partial charge on any atom is 0.508 e. The molecule has 2 aliphatic heterocycles. The number of hydrogen-bond donors (Lipinski definition) is 0. The van der Waals surface area contributed by atoms with E-state index in [2.05, 4.69) is 9.47 Å². The summed E-state index contributed by atoms with van der Waals surface area (Å²) in [6, 6.07) is 0. The molecule has 0 aromatic carbocycles. The second-order valence-electron chi connectivity index (χ2n) is 5.80. The Balaban J connectivity index is 1.56. The minimum Gasteiger partial charge on any atom is -0.430 e. The van der Waals surface area contributed by atoms with Crippen LogP contribution in [0.4, 0.5) is 9.59 Å². The molecule has 0 aromatic heterocycles. The van der Waals surface area contributed by atoms with E-state index in [1.807, 2.05) is 13.8 Å². The molecule has 2 rings (SSSR count). The Morgan fingerprint density at radius 1 is 0.952 bits per heavy atom. The van der Waals surface area contributed by atoms with Crippen LogP contribution in [0.2, 0.25) is 0 Å². The molecule has 0 N–H and O–H groups in total. The molecule has 8 nitrogen and oxygen atoms in total. The molecule has 0 saturated carbocycles. The molecule has 2 heterocycles. The number of cyclic esters (lactones) is 4. The van der Waals surface area contributed by atoms with E-state index in [1.165, 1.54) is 0 Å². The predicted octanol–water partition coefficient (Wildman–Crippen LogP) is 1.12. The van der Waals surface area contributed by atoms with Gasteiger partial charge in [-0.25, -0.2) is 9.59 Å². The molecule has 0 bridgehead atoms. The first-order valence-corrected chi connectivity index (χ1v) is 6.77. The Morgan fingerprint density at radius 3 is 1.71 bits per heavy atom. The minimum atomic E-state index is -0.653. The van der Waals surface area contributed by atoms with Crippen LogP contribution in [-0.2, 0) is 28.4 Å². The van der Waals surface area contributed by atoms with E-state index in [1.54, 1.807) is 0 Å². The summed E-state index contributed by atoms with van der Waals surface area (Å²) < 4.78 is 30.1. The predicted molar refractivity (Wildman–Crippen MR) is 67.9 cm³/mol. The van der Waals surface area contributed by atoms with Gasteiger partial charge in [0.15, 0.2) is 12.2 Å². The van der Waals surface area contributed by atoms with Crippen molar-refractivity contribution in [2.75, 3.05) is 39.6 Å². The molecule has 2 fully saturated rings. The molecule has 0 aromatic rings. The lowest BCUT2D eigenvalue weighted by atomic mass is 9.96. The largest absolute Gasteiger partial charge is 0.508 e. The summed E-state index contributed by atoms with van der Waals surface area (Å²) in [5.74, 6) is 0. The third-order valence-electron chi connectivity index (χ3n) is 2.89. The van der Waals surface area contributed by atoms with Gasteiger partial charge in [0.2, 0.25) is 0 Å². The maximum absolute atomic E-state index is 10.7. The monoisotopic (exact) mass is 304 g/mol. The van der Waals surface area contributed by atoms with Crippen molar-refractivity contribution in [3.05, 3.63) is 0 Å². The first-order chi connectivity index (χ1) is 9.94. The van der Waals surface area contributed by atoms with Gasteiger partial charge in [-0.2, -0.15) is 0 Å². The fourth-order valence-electron chi connectivity index (χ4n) is 1.87. The molecule has 0 spiro atoms. The van der Waals surface area contributed by atoms with E-state index in [0.29, 0.717) is 26.4 Å². The highest BCUT2D eigenvalue weighted by atomic mass is 16.8. The molecule has 2 aliphatic rings. The van der Waals surface area contributed by atoms with E-state index >= 15 is 0 Å². The van der Waals surface area contributed by atoms with E-state index in [9.17, 15) is 9.59 Å². The molecule has 0 amide bonds. The van der Waals surface area contributed by atoms with Gasteiger partial charge in [-0.3, -0.25) is 0 Å². The van der Waals surface area contributed by atoms with Gasteiger partial charge in [0.25, 0.3) is 0 Å². The van der Waals surface area contributed by atoms with Crippen molar-refractivity contribution in [3.63, 3.8) is 0 Å². The van der Waals surface area contributed by atoms with Crippen LogP contribution in [-0.4, -0.2) is 64.2 Å². The summed E-state index contributed by atoms with van der Waals surface area (Å²) in [6.45, 7) is 5.91. The summed E-state index contributed by atoms with van der Waals surface area (Å²) in [7, 11) is 0. The molecule has 8 heteroatoms. The standard InChI is InChI=1S/C13H20O8/c1-13(2,7-16-3-9-5-18-11(14)20-9)8-17-4-10-6-19-12(15)21-10/h9-10H,3-8H2,1-2H3. The summed E-state index contributed by atoms with van der Waals surface area (Å²) >= 11 is 0. The van der Waals surface area contributed by atoms with Crippen LogP contribution < -0.4 is 0 Å². The first-order valence-electron chi connectivity index (χ1n) is 6.77. The molecule has 21 heavy (non-hydrogen) atoms. The van der Waals surface area contributed by atoms with Gasteiger partial charge < -0.3 is 28.4 Å². The smallest absolute Gasteiger partial charge is 0.430 e. The highest BCUT2D eigenvalue weighted by Crippen LogP contribution is 2.18. The molecule has 2 atom stereocenters. The molecule has 0 radical (unpaired) electrons. The Bertz CT molecular complexity index is 346. The fourth-order valence-corrected chi connectivity index (χ4v) is 1.87. The third-order valence-corrected chi connectivity index (χ3v) is 2.89. The number of ether oxygens (including phenoxy) is 6. The Morgan fingerprint density at radius 2 is 1.38 bits per heavy atom. The summed E-state index contributed by atoms with van der Waals surface area (Å²) in [4.78, 5) is 21.5. The SMILES string of the molecule is CC(C)(COCC1COC(=O)O1)COCC1COC(=O)O1. The second-order valence-corrected chi connectivity index (χ2v) is 5.80. The van der Waals surface area contributed by atoms with Gasteiger partial charge in [0, 0.05) is 5.41 Å². The van der Waals surface area contributed by atoms with Crippen molar-refractivity contribution in [2.45, 2.75) is 26.1 Å². The van der Waals surface area contributed by atoms with E-state index < -0.39 is 12.3 Å². The summed E-state index contributed by atoms with van der Waals surface area (Å²) in [5, 5.41) is 0. The van der Waals surface area contributed by atoms with Crippen LogP contribution in [0.3, 0.4) is 0 Å². The molecule has 120 valence electrons. The zero-order valence-corrected chi connectivity index (χ0v) is 12.2. The van der Waals surface area contributed by atoms with E-state index in [-0.39, 0.29) is 30.8 Å². The number of rotatable bonds is 8. The Kier molecular flexibility index (Phi) is 5.24. The average Bonchev–Trinajstić information content (AvgIpc) is 2.98. The lowest BCUT2D eigenvalue weighted by molar-refractivity contribution is -0.0385. The van der Waals surface area contributed by atoms with Crippen LogP contribution >= 0.6 is 0 Å². The van der Waals surface area contributed by atoms with Crippen molar-refractivity contribution in [1.82, 2.24) is 0 Å². The minimum absolute atomic E-state index is 0.215. The first kappa shape index (κ1) is 15.8. The number of hydrogen-bond acceptors (Lipinski definition) is 8. The summed E-state index contributed by atoms with van der Waals surface area (Å²) in [5.41, 5.74) is -0.215. The highest BCUT2D eigenvalue weighted by molar-refractivity contribution is 5.62. The lowest BCUT2D eigenvalue weighted by Crippen LogP contribution is -2.30. The van der Waals surface area contributed by atoms with E-state index in [4.69, 9.17) is 18.9 Å². The van der Waals surface area contributed by atoms with Gasteiger partial charge in [0.1, 0.15) is 13.2 Å². The quantitative estimate of drug-likeness (QED) is 0.616. The molecule has 2 saturated heterocycles. The maximum atomic E-state index is 10.7. The van der Waals surface area contributed by atoms with Gasteiger partial charge in [-0.15, -0.1) is 0 Å². The van der Waals surface area contributed by atoms with Crippen LogP contribution in [0.15, 0.2) is 0 Å². The van der Waals surface area contributed by atoms with Gasteiger partial charge >= 0.3 is 12.3 Å². The van der Waals surface area contributed by atoms with Crippen molar-refractivity contribution in [3.8, 4) is 0 Å². The molecular formula is C13H20O8. The Labute approximate surface area is 122 Å². The van der Waals surface area contributed by atoms with Crippen molar-refractivity contribution >= 4 is 12.3 Å². The van der Waals surface area contributed by atoms with E-state index in [0.717, 1.165) is 0 Å². The zero-order chi connectivity index (χ0) is 15.3. The van der Waals surface area contributed by atoms with Crippen molar-refractivity contribution in [1.29, 1.82) is 0 Å². The molecule has 2 unspecified atom stereocenters. The molecular weight excluding hydrogens is 284 g/mol. The van der Waals surface area contributed by atoms with Crippen LogP contribution in [0, 0.1) is 5.41 Å². The summed E-state index contributed by atoms with van der Waals surface area (Å²) in [6.07, 6.45) is -1.99. The Hall–Kier alpha value is -1.54. The average molecular weight is 304 g/mol. The molecule has 0 aliphatic carbocycles. The van der Waals surface area contributed by atoms with Gasteiger partial charge in [-0.05, 0) is 0 Å². The zero-order valence-electron chi connectivity index (χ0n) is 12.2. The van der Waals surface area contributed by atoms with Crippen LogP contribution in [0.1, 0.15) is 13.8 Å². The fraction of sp³-hybridized carbons (Fsp3) is 0.846.